The molecule has 5 heteroatoms. The minimum Gasteiger partial charge on any atom is -0.493 e. The Bertz CT molecular complexity index is 671. The molecule has 1 aromatic carbocycles. The highest BCUT2D eigenvalue weighted by atomic mass is 16.5. The van der Waals surface area contributed by atoms with Crippen LogP contribution in [0.25, 0.3) is 0 Å². The third-order valence-electron chi connectivity index (χ3n) is 4.66. The van der Waals surface area contributed by atoms with Gasteiger partial charge in [-0.1, -0.05) is 6.07 Å². The van der Waals surface area contributed by atoms with Gasteiger partial charge in [0.2, 0.25) is 0 Å². The van der Waals surface area contributed by atoms with E-state index in [2.05, 4.69) is 4.98 Å². The summed E-state index contributed by atoms with van der Waals surface area (Å²) in [6.45, 7) is 0.245. The summed E-state index contributed by atoms with van der Waals surface area (Å²) in [6, 6.07) is 9.46. The first kappa shape index (κ1) is 18.5. The molecule has 140 valence electrons. The van der Waals surface area contributed by atoms with Crippen LogP contribution in [0.1, 0.15) is 37.7 Å². The summed E-state index contributed by atoms with van der Waals surface area (Å²) in [4.78, 5) is 4.09. The molecule has 1 aliphatic rings. The maximum Gasteiger partial charge on any atom is 0.165 e. The molecule has 0 bridgehead atoms. The standard InChI is InChI=1S/C21H27NO4/c1-24-20-11-10-19(13-21(20)26-18-6-2-3-7-18)25-15-17(23)9-8-16-5-4-12-22-14-16/h4-5,10-14,17-18,23H,2-3,6-9,15H2,1H3. The molecule has 5 nitrogen and oxygen atoms in total. The fourth-order valence-electron chi connectivity index (χ4n) is 3.18. The van der Waals surface area contributed by atoms with E-state index in [0.29, 0.717) is 23.7 Å². The molecule has 3 rings (SSSR count). The van der Waals surface area contributed by atoms with Crippen LogP contribution in [0.15, 0.2) is 42.7 Å². The van der Waals surface area contributed by atoms with Crippen molar-refractivity contribution in [3.63, 3.8) is 0 Å². The van der Waals surface area contributed by atoms with Crippen LogP contribution < -0.4 is 14.2 Å². The number of methoxy groups -OCH3 is 1. The molecular formula is C21H27NO4. The van der Waals surface area contributed by atoms with Gasteiger partial charge in [-0.25, -0.2) is 0 Å². The molecule has 0 saturated heterocycles. The first-order chi connectivity index (χ1) is 12.7. The van der Waals surface area contributed by atoms with Crippen LogP contribution in [0.3, 0.4) is 0 Å². The minimum atomic E-state index is -0.531. The summed E-state index contributed by atoms with van der Waals surface area (Å²) in [6.07, 6.45) is 9.30. The summed E-state index contributed by atoms with van der Waals surface area (Å²) >= 11 is 0. The quantitative estimate of drug-likeness (QED) is 0.740. The zero-order valence-corrected chi connectivity index (χ0v) is 15.3. The predicted octanol–water partition coefficient (Wildman–Crippen LogP) is 3.78. The van der Waals surface area contributed by atoms with Crippen molar-refractivity contribution in [2.75, 3.05) is 13.7 Å². The number of benzene rings is 1. The highest BCUT2D eigenvalue weighted by Gasteiger charge is 2.19. The zero-order valence-electron chi connectivity index (χ0n) is 15.3. The average molecular weight is 357 g/mol. The zero-order chi connectivity index (χ0) is 18.2. The van der Waals surface area contributed by atoms with Gasteiger partial charge in [-0.2, -0.15) is 0 Å². The highest BCUT2D eigenvalue weighted by Crippen LogP contribution is 2.34. The number of hydrogen-bond acceptors (Lipinski definition) is 5. The summed E-state index contributed by atoms with van der Waals surface area (Å²) in [5.74, 6) is 2.10. The van der Waals surface area contributed by atoms with Crippen LogP contribution in [0.2, 0.25) is 0 Å². The van der Waals surface area contributed by atoms with Gasteiger partial charge in [0.25, 0.3) is 0 Å². The molecule has 1 saturated carbocycles. The Kier molecular flexibility index (Phi) is 6.72. The summed E-state index contributed by atoms with van der Waals surface area (Å²) in [7, 11) is 1.64. The van der Waals surface area contributed by atoms with Crippen molar-refractivity contribution in [1.82, 2.24) is 4.98 Å². The predicted molar refractivity (Wildman–Crippen MR) is 99.9 cm³/mol. The van der Waals surface area contributed by atoms with Gasteiger partial charge in [-0.15, -0.1) is 0 Å². The Morgan fingerprint density at radius 1 is 1.19 bits per heavy atom. The third kappa shape index (κ3) is 5.36. The number of pyridine rings is 1. The fraction of sp³-hybridized carbons (Fsp3) is 0.476. The number of hydrogen-bond donors (Lipinski definition) is 1. The lowest BCUT2D eigenvalue weighted by atomic mass is 10.1. The van der Waals surface area contributed by atoms with Crippen molar-refractivity contribution >= 4 is 0 Å². The van der Waals surface area contributed by atoms with E-state index >= 15 is 0 Å². The molecule has 1 atom stereocenters. The first-order valence-corrected chi connectivity index (χ1v) is 9.29. The monoisotopic (exact) mass is 357 g/mol. The van der Waals surface area contributed by atoms with Gasteiger partial charge in [-0.05, 0) is 62.3 Å². The normalized spacial score (nSPS) is 15.6. The van der Waals surface area contributed by atoms with Crippen molar-refractivity contribution in [3.8, 4) is 17.2 Å². The number of rotatable bonds is 9. The van der Waals surface area contributed by atoms with Crippen molar-refractivity contribution < 1.29 is 19.3 Å². The van der Waals surface area contributed by atoms with E-state index in [1.807, 2.05) is 36.5 Å². The fourth-order valence-corrected chi connectivity index (χ4v) is 3.18. The summed E-state index contributed by atoms with van der Waals surface area (Å²) < 4.78 is 17.2. The average Bonchev–Trinajstić information content (AvgIpc) is 3.19. The van der Waals surface area contributed by atoms with Crippen molar-refractivity contribution in [2.24, 2.45) is 0 Å². The second-order valence-electron chi connectivity index (χ2n) is 6.70. The first-order valence-electron chi connectivity index (χ1n) is 9.29. The lowest BCUT2D eigenvalue weighted by Crippen LogP contribution is -2.18. The number of aliphatic hydroxyl groups is 1. The SMILES string of the molecule is COc1ccc(OCC(O)CCc2cccnc2)cc1OC1CCCC1. The van der Waals surface area contributed by atoms with Crippen molar-refractivity contribution in [1.29, 1.82) is 0 Å². The van der Waals surface area contributed by atoms with E-state index in [4.69, 9.17) is 14.2 Å². The molecule has 1 aromatic heterocycles. The summed E-state index contributed by atoms with van der Waals surface area (Å²) in [5.41, 5.74) is 1.11. The Balaban J connectivity index is 1.51. The van der Waals surface area contributed by atoms with E-state index in [-0.39, 0.29) is 12.7 Å². The van der Waals surface area contributed by atoms with Crippen LogP contribution in [0.4, 0.5) is 0 Å². The summed E-state index contributed by atoms with van der Waals surface area (Å²) in [5, 5.41) is 10.2. The smallest absolute Gasteiger partial charge is 0.165 e. The number of aryl methyl sites for hydroxylation is 1. The Morgan fingerprint density at radius 2 is 2.04 bits per heavy atom. The van der Waals surface area contributed by atoms with Gasteiger partial charge < -0.3 is 19.3 Å². The van der Waals surface area contributed by atoms with E-state index < -0.39 is 6.10 Å². The molecule has 1 aliphatic carbocycles. The highest BCUT2D eigenvalue weighted by molar-refractivity contribution is 5.45. The van der Waals surface area contributed by atoms with Gasteiger partial charge >= 0.3 is 0 Å². The Labute approximate surface area is 154 Å². The molecular weight excluding hydrogens is 330 g/mol. The minimum absolute atomic E-state index is 0.245. The van der Waals surface area contributed by atoms with Gasteiger partial charge in [0.05, 0.1) is 19.3 Å². The largest absolute Gasteiger partial charge is 0.493 e. The molecule has 0 radical (unpaired) electrons. The van der Waals surface area contributed by atoms with Crippen molar-refractivity contribution in [3.05, 3.63) is 48.3 Å². The van der Waals surface area contributed by atoms with Gasteiger partial charge in [0.15, 0.2) is 11.5 Å². The third-order valence-corrected chi connectivity index (χ3v) is 4.66. The van der Waals surface area contributed by atoms with Gasteiger partial charge in [-0.3, -0.25) is 4.98 Å². The number of nitrogens with zero attached hydrogens (tertiary/aromatic N) is 1. The van der Waals surface area contributed by atoms with E-state index in [1.165, 1.54) is 12.8 Å². The Morgan fingerprint density at radius 3 is 2.77 bits per heavy atom. The molecule has 1 unspecified atom stereocenters. The molecule has 26 heavy (non-hydrogen) atoms. The lowest BCUT2D eigenvalue weighted by molar-refractivity contribution is 0.0998. The van der Waals surface area contributed by atoms with Gasteiger partial charge in [0, 0.05) is 18.5 Å². The molecule has 0 aliphatic heterocycles. The van der Waals surface area contributed by atoms with E-state index in [1.54, 1.807) is 13.3 Å². The van der Waals surface area contributed by atoms with E-state index in [0.717, 1.165) is 24.8 Å². The van der Waals surface area contributed by atoms with Crippen LogP contribution >= 0.6 is 0 Å². The molecule has 2 aromatic rings. The van der Waals surface area contributed by atoms with Gasteiger partial charge in [0.1, 0.15) is 12.4 Å². The topological polar surface area (TPSA) is 60.8 Å². The molecule has 1 fully saturated rings. The lowest BCUT2D eigenvalue weighted by Gasteiger charge is -2.18. The molecule has 0 spiro atoms. The molecule has 1 heterocycles. The Hall–Kier alpha value is -2.27. The van der Waals surface area contributed by atoms with Crippen LogP contribution in [-0.2, 0) is 6.42 Å². The maximum atomic E-state index is 10.2. The maximum absolute atomic E-state index is 10.2. The molecule has 1 N–H and O–H groups in total. The number of aromatic nitrogens is 1. The van der Waals surface area contributed by atoms with Crippen molar-refractivity contribution in [2.45, 2.75) is 50.7 Å². The number of aliphatic hydroxyl groups excluding tert-OH is 1. The van der Waals surface area contributed by atoms with Crippen LogP contribution in [0.5, 0.6) is 17.2 Å². The second-order valence-corrected chi connectivity index (χ2v) is 6.70. The van der Waals surface area contributed by atoms with Crippen LogP contribution in [-0.4, -0.2) is 36.0 Å². The second kappa shape index (κ2) is 9.43. The van der Waals surface area contributed by atoms with Crippen LogP contribution in [0, 0.1) is 0 Å². The number of ether oxygens (including phenoxy) is 3. The molecule has 0 amide bonds. The van der Waals surface area contributed by atoms with E-state index in [9.17, 15) is 5.11 Å².